The third-order valence-corrected chi connectivity index (χ3v) is 5.71. The molecule has 0 radical (unpaired) electrons. The molecule has 144 valence electrons. The fourth-order valence-electron chi connectivity index (χ4n) is 2.32. The topological polar surface area (TPSA) is 122 Å². The number of nitrogens with zero attached hydrogens (tertiary/aromatic N) is 2. The Hall–Kier alpha value is -2.98. The Bertz CT molecular complexity index is 956. The van der Waals surface area contributed by atoms with Gasteiger partial charge in [0.05, 0.1) is 15.4 Å². The minimum Gasteiger partial charge on any atom is -0.387 e. The van der Waals surface area contributed by atoms with E-state index in [1.54, 1.807) is 19.2 Å². The molecule has 0 atom stereocenters. The second-order valence-corrected chi connectivity index (χ2v) is 8.00. The normalized spacial score (nSPS) is 11.3. The minimum absolute atomic E-state index is 0.146. The number of amides is 1. The third-order valence-electron chi connectivity index (χ3n) is 3.88. The van der Waals surface area contributed by atoms with Gasteiger partial charge in [0.25, 0.3) is 11.6 Å². The fourth-order valence-corrected chi connectivity index (χ4v) is 3.22. The molecule has 0 aliphatic carbocycles. The molecule has 0 fully saturated rings. The zero-order chi connectivity index (χ0) is 20.2. The van der Waals surface area contributed by atoms with Gasteiger partial charge < -0.3 is 10.6 Å². The van der Waals surface area contributed by atoms with E-state index in [9.17, 15) is 23.3 Å². The van der Waals surface area contributed by atoms with Gasteiger partial charge in [0, 0.05) is 45.5 Å². The van der Waals surface area contributed by atoms with E-state index in [-0.39, 0.29) is 22.7 Å². The van der Waals surface area contributed by atoms with E-state index >= 15 is 0 Å². The maximum Gasteiger partial charge on any atom is 0.270 e. The van der Waals surface area contributed by atoms with E-state index in [0.29, 0.717) is 11.3 Å². The average molecular weight is 392 g/mol. The second kappa shape index (κ2) is 8.14. The second-order valence-electron chi connectivity index (χ2n) is 5.85. The fraction of sp³-hybridized carbons (Fsp3) is 0.235. The Balaban J connectivity index is 2.14. The molecule has 9 nitrogen and oxygen atoms in total. The highest BCUT2D eigenvalue weighted by Gasteiger charge is 2.18. The molecule has 0 saturated carbocycles. The Morgan fingerprint density at radius 1 is 1.15 bits per heavy atom. The predicted octanol–water partition coefficient (Wildman–Crippen LogP) is 1.82. The first-order valence-electron chi connectivity index (χ1n) is 7.92. The molecule has 0 aromatic heterocycles. The zero-order valence-corrected chi connectivity index (χ0v) is 15.9. The molecule has 0 aliphatic rings. The van der Waals surface area contributed by atoms with Crippen LogP contribution in [0.1, 0.15) is 15.9 Å². The Morgan fingerprint density at radius 3 is 2.30 bits per heavy atom. The maximum absolute atomic E-state index is 12.4. The highest BCUT2D eigenvalue weighted by atomic mass is 32.2. The molecule has 2 rings (SSSR count). The molecule has 0 saturated heterocycles. The van der Waals surface area contributed by atoms with Gasteiger partial charge in [-0.05, 0) is 23.8 Å². The first kappa shape index (κ1) is 20.3. The van der Waals surface area contributed by atoms with Crippen molar-refractivity contribution in [3.63, 3.8) is 0 Å². The number of anilines is 1. The summed E-state index contributed by atoms with van der Waals surface area (Å²) in [6.07, 6.45) is 0. The summed E-state index contributed by atoms with van der Waals surface area (Å²) in [5.41, 5.74) is 1.12. The van der Waals surface area contributed by atoms with E-state index in [1.807, 2.05) is 0 Å². The van der Waals surface area contributed by atoms with Crippen molar-refractivity contribution in [2.75, 3.05) is 26.5 Å². The van der Waals surface area contributed by atoms with Crippen LogP contribution in [0, 0.1) is 10.1 Å². The van der Waals surface area contributed by atoms with Gasteiger partial charge in [-0.2, -0.15) is 0 Å². The predicted molar refractivity (Wildman–Crippen MR) is 101 cm³/mol. The molecule has 0 bridgehead atoms. The highest BCUT2D eigenvalue weighted by Crippen LogP contribution is 2.22. The van der Waals surface area contributed by atoms with Gasteiger partial charge in [-0.15, -0.1) is 0 Å². The summed E-state index contributed by atoms with van der Waals surface area (Å²) >= 11 is 0. The molecular weight excluding hydrogens is 372 g/mol. The first-order chi connectivity index (χ1) is 12.7. The number of non-ortho nitro benzene ring substituents is 1. The lowest BCUT2D eigenvalue weighted by Crippen LogP contribution is -2.24. The number of rotatable bonds is 7. The lowest BCUT2D eigenvalue weighted by molar-refractivity contribution is -0.384. The van der Waals surface area contributed by atoms with E-state index in [2.05, 4.69) is 10.6 Å². The monoisotopic (exact) mass is 392 g/mol. The van der Waals surface area contributed by atoms with Crippen molar-refractivity contribution in [2.24, 2.45) is 0 Å². The molecular formula is C17H20N4O5S. The van der Waals surface area contributed by atoms with Gasteiger partial charge >= 0.3 is 0 Å². The van der Waals surface area contributed by atoms with Gasteiger partial charge in [0.1, 0.15) is 0 Å². The summed E-state index contributed by atoms with van der Waals surface area (Å²) in [6, 6.07) is 10.1. The molecule has 0 unspecified atom stereocenters. The number of nitrogens with one attached hydrogen (secondary N) is 2. The minimum atomic E-state index is -3.52. The third kappa shape index (κ3) is 4.60. The smallest absolute Gasteiger partial charge is 0.270 e. The Labute approximate surface area is 157 Å². The highest BCUT2D eigenvalue weighted by molar-refractivity contribution is 7.89. The van der Waals surface area contributed by atoms with Crippen LogP contribution in [0.2, 0.25) is 0 Å². The van der Waals surface area contributed by atoms with Crippen LogP contribution >= 0.6 is 0 Å². The summed E-state index contributed by atoms with van der Waals surface area (Å²) in [7, 11) is 0.990. The molecule has 0 spiro atoms. The number of sulfonamides is 1. The Morgan fingerprint density at radius 2 is 1.78 bits per heavy atom. The number of hydrogen-bond acceptors (Lipinski definition) is 6. The van der Waals surface area contributed by atoms with Crippen LogP contribution in [-0.2, 0) is 16.6 Å². The average Bonchev–Trinajstić information content (AvgIpc) is 2.65. The lowest BCUT2D eigenvalue weighted by atomic mass is 10.1. The molecule has 0 aliphatic heterocycles. The van der Waals surface area contributed by atoms with Crippen LogP contribution < -0.4 is 10.6 Å². The van der Waals surface area contributed by atoms with Crippen LogP contribution in [0.5, 0.6) is 0 Å². The van der Waals surface area contributed by atoms with Crippen LogP contribution in [0.3, 0.4) is 0 Å². The van der Waals surface area contributed by atoms with Crippen molar-refractivity contribution in [2.45, 2.75) is 11.4 Å². The number of carbonyl (C=O) groups excluding carboxylic acids is 1. The van der Waals surface area contributed by atoms with Crippen molar-refractivity contribution < 1.29 is 18.1 Å². The quantitative estimate of drug-likeness (QED) is 0.547. The van der Waals surface area contributed by atoms with Crippen molar-refractivity contribution in [1.29, 1.82) is 0 Å². The molecule has 27 heavy (non-hydrogen) atoms. The van der Waals surface area contributed by atoms with Gasteiger partial charge in [-0.1, -0.05) is 12.1 Å². The number of hydrogen-bond donors (Lipinski definition) is 2. The van der Waals surface area contributed by atoms with Gasteiger partial charge in [-0.3, -0.25) is 14.9 Å². The Kier molecular flexibility index (Phi) is 6.13. The van der Waals surface area contributed by atoms with Crippen molar-refractivity contribution in [1.82, 2.24) is 9.62 Å². The van der Waals surface area contributed by atoms with Gasteiger partial charge in [0.2, 0.25) is 10.0 Å². The standard InChI is InChI=1S/C17H20N4O5S/c1-18-16-9-6-13(21(23)24)10-15(16)17(22)19-11-12-4-7-14(8-5-12)27(25,26)20(2)3/h4-10,18H,11H2,1-3H3,(H,19,22). The first-order valence-corrected chi connectivity index (χ1v) is 9.36. The molecule has 2 N–H and O–H groups in total. The molecule has 2 aromatic carbocycles. The van der Waals surface area contributed by atoms with Gasteiger partial charge in [0.15, 0.2) is 0 Å². The van der Waals surface area contributed by atoms with Crippen molar-refractivity contribution in [3.05, 3.63) is 63.7 Å². The number of nitro benzene ring substituents is 1. The summed E-state index contributed by atoms with van der Waals surface area (Å²) < 4.78 is 25.2. The van der Waals surface area contributed by atoms with Crippen molar-refractivity contribution >= 4 is 27.3 Å². The number of nitro groups is 1. The van der Waals surface area contributed by atoms with Crippen LogP contribution in [0.25, 0.3) is 0 Å². The van der Waals surface area contributed by atoms with E-state index in [4.69, 9.17) is 0 Å². The SMILES string of the molecule is CNc1ccc([N+](=O)[O-])cc1C(=O)NCc1ccc(S(=O)(=O)N(C)C)cc1. The van der Waals surface area contributed by atoms with E-state index in [0.717, 1.165) is 4.31 Å². The number of carbonyl (C=O) groups is 1. The van der Waals surface area contributed by atoms with Gasteiger partial charge in [-0.25, -0.2) is 12.7 Å². The molecule has 2 aromatic rings. The summed E-state index contributed by atoms with van der Waals surface area (Å²) in [5.74, 6) is -0.479. The number of benzene rings is 2. The van der Waals surface area contributed by atoms with Crippen molar-refractivity contribution in [3.8, 4) is 0 Å². The van der Waals surface area contributed by atoms with Crippen LogP contribution in [0.4, 0.5) is 11.4 Å². The summed E-state index contributed by atoms with van der Waals surface area (Å²) in [5, 5.41) is 16.4. The molecule has 1 amide bonds. The maximum atomic E-state index is 12.4. The van der Waals surface area contributed by atoms with Crippen LogP contribution in [0.15, 0.2) is 47.4 Å². The summed E-state index contributed by atoms with van der Waals surface area (Å²) in [6.45, 7) is 0.146. The summed E-state index contributed by atoms with van der Waals surface area (Å²) in [4.78, 5) is 22.9. The lowest BCUT2D eigenvalue weighted by Gasteiger charge is -2.12. The van der Waals surface area contributed by atoms with Crippen LogP contribution in [-0.4, -0.2) is 44.7 Å². The largest absolute Gasteiger partial charge is 0.387 e. The zero-order valence-electron chi connectivity index (χ0n) is 15.1. The van der Waals surface area contributed by atoms with E-state index < -0.39 is 20.9 Å². The molecule has 10 heteroatoms. The molecule has 0 heterocycles. The van der Waals surface area contributed by atoms with E-state index in [1.165, 1.54) is 44.4 Å².